The molecule has 0 bridgehead atoms. The van der Waals surface area contributed by atoms with Crippen LogP contribution in [0.4, 0.5) is 0 Å². The lowest BCUT2D eigenvalue weighted by Gasteiger charge is -2.25. The Hall–Kier alpha value is 0. The minimum absolute atomic E-state index is 1.01. The number of hydrogen-bond acceptors (Lipinski definition) is 0. The van der Waals surface area contributed by atoms with Crippen molar-refractivity contribution in [3.8, 4) is 0 Å². The zero-order chi connectivity index (χ0) is 13.6. The number of unbranched alkanes of at least 4 members (excludes halogenated alkanes) is 6. The van der Waals surface area contributed by atoms with E-state index in [9.17, 15) is 0 Å². The summed E-state index contributed by atoms with van der Waals surface area (Å²) in [6.07, 6.45) is 17.2. The fraction of sp³-hybridized carbons (Fsp3) is 1.00. The van der Waals surface area contributed by atoms with Gasteiger partial charge in [-0.3, -0.25) is 0 Å². The molecule has 0 aliphatic heterocycles. The second-order valence-electron chi connectivity index (χ2n) is 6.04. The monoisotopic (exact) mass is 254 g/mol. The van der Waals surface area contributed by atoms with Gasteiger partial charge in [-0.2, -0.15) is 0 Å². The second kappa shape index (κ2) is 13.4. The largest absolute Gasteiger partial charge is 0.0654 e. The molecule has 0 heteroatoms. The zero-order valence-electron chi connectivity index (χ0n) is 13.6. The molecule has 0 saturated carbocycles. The molecule has 18 heavy (non-hydrogen) atoms. The number of hydrogen-bond donors (Lipinski definition) is 0. The minimum Gasteiger partial charge on any atom is -0.0654 e. The Morgan fingerprint density at radius 2 is 0.889 bits per heavy atom. The van der Waals surface area contributed by atoms with Gasteiger partial charge in [-0.15, -0.1) is 0 Å². The van der Waals surface area contributed by atoms with Crippen LogP contribution in [0.5, 0.6) is 0 Å². The lowest BCUT2D eigenvalue weighted by molar-refractivity contribution is 0.263. The van der Waals surface area contributed by atoms with Crippen molar-refractivity contribution < 1.29 is 0 Å². The van der Waals surface area contributed by atoms with Gasteiger partial charge in [-0.05, 0) is 11.8 Å². The fourth-order valence-corrected chi connectivity index (χ4v) is 3.21. The first kappa shape index (κ1) is 18.0. The van der Waals surface area contributed by atoms with Crippen LogP contribution < -0.4 is 0 Å². The molecule has 0 fully saturated rings. The Kier molecular flexibility index (Phi) is 13.4. The molecule has 2 unspecified atom stereocenters. The zero-order valence-corrected chi connectivity index (χ0v) is 13.6. The highest BCUT2D eigenvalue weighted by Gasteiger charge is 2.17. The van der Waals surface area contributed by atoms with Crippen molar-refractivity contribution in [3.63, 3.8) is 0 Å². The van der Waals surface area contributed by atoms with E-state index >= 15 is 0 Å². The molecule has 0 aliphatic rings. The highest BCUT2D eigenvalue weighted by Crippen LogP contribution is 2.29. The highest BCUT2D eigenvalue weighted by molar-refractivity contribution is 4.68. The molecule has 0 amide bonds. The predicted octanol–water partition coefficient (Wildman–Crippen LogP) is 6.98. The van der Waals surface area contributed by atoms with Crippen LogP contribution in [0.1, 0.15) is 105 Å². The van der Waals surface area contributed by atoms with Gasteiger partial charge in [-0.1, -0.05) is 105 Å². The van der Waals surface area contributed by atoms with Gasteiger partial charge in [0.05, 0.1) is 0 Å². The van der Waals surface area contributed by atoms with E-state index in [1.165, 1.54) is 77.0 Å². The predicted molar refractivity (Wildman–Crippen MR) is 85.1 cm³/mol. The summed E-state index contributed by atoms with van der Waals surface area (Å²) in [7, 11) is 0. The fourth-order valence-electron chi connectivity index (χ4n) is 3.21. The van der Waals surface area contributed by atoms with Crippen LogP contribution in [0.3, 0.4) is 0 Å². The Bertz CT molecular complexity index is 132. The van der Waals surface area contributed by atoms with E-state index in [0.717, 1.165) is 11.8 Å². The molecule has 0 nitrogen and oxygen atoms in total. The van der Waals surface area contributed by atoms with E-state index < -0.39 is 0 Å². The van der Waals surface area contributed by atoms with Gasteiger partial charge in [0.2, 0.25) is 0 Å². The maximum atomic E-state index is 2.40. The van der Waals surface area contributed by atoms with Crippen molar-refractivity contribution >= 4 is 0 Å². The van der Waals surface area contributed by atoms with Crippen molar-refractivity contribution in [2.24, 2.45) is 11.8 Å². The van der Waals surface area contributed by atoms with Gasteiger partial charge >= 0.3 is 0 Å². The third-order valence-corrected chi connectivity index (χ3v) is 4.57. The Morgan fingerprint density at radius 1 is 0.500 bits per heavy atom. The van der Waals surface area contributed by atoms with E-state index in [0.29, 0.717) is 0 Å². The van der Waals surface area contributed by atoms with Crippen LogP contribution in [0.2, 0.25) is 0 Å². The molecule has 0 aromatic rings. The summed E-state index contributed by atoms with van der Waals surface area (Å²) in [5.41, 5.74) is 0. The van der Waals surface area contributed by atoms with Crippen LogP contribution in [0, 0.1) is 11.8 Å². The summed E-state index contributed by atoms with van der Waals surface area (Å²) >= 11 is 0. The summed E-state index contributed by atoms with van der Waals surface area (Å²) in [4.78, 5) is 0. The standard InChI is InChI=1S/C18H38/c1-5-9-11-13-15-17(7-3)18(8-4)16-14-12-10-6-2/h17-18H,5-16H2,1-4H3. The summed E-state index contributed by atoms with van der Waals surface area (Å²) < 4.78 is 0. The van der Waals surface area contributed by atoms with Crippen molar-refractivity contribution in [3.05, 3.63) is 0 Å². The average Bonchev–Trinajstić information content (AvgIpc) is 2.40. The summed E-state index contributed by atoms with van der Waals surface area (Å²) in [5.74, 6) is 2.02. The van der Waals surface area contributed by atoms with Gasteiger partial charge in [0, 0.05) is 0 Å². The maximum Gasteiger partial charge on any atom is -0.0389 e. The van der Waals surface area contributed by atoms with E-state index in [1.54, 1.807) is 0 Å². The molecule has 0 radical (unpaired) electrons. The molecule has 0 aromatic carbocycles. The van der Waals surface area contributed by atoms with Gasteiger partial charge in [0.15, 0.2) is 0 Å². The van der Waals surface area contributed by atoms with Crippen molar-refractivity contribution in [1.29, 1.82) is 0 Å². The summed E-state index contributed by atoms with van der Waals surface area (Å²) in [6.45, 7) is 9.41. The molecule has 0 aromatic heterocycles. The third kappa shape index (κ3) is 9.00. The van der Waals surface area contributed by atoms with Crippen LogP contribution in [-0.4, -0.2) is 0 Å². The third-order valence-electron chi connectivity index (χ3n) is 4.57. The van der Waals surface area contributed by atoms with Gasteiger partial charge in [-0.25, -0.2) is 0 Å². The van der Waals surface area contributed by atoms with E-state index in [-0.39, 0.29) is 0 Å². The number of rotatable bonds is 13. The smallest absolute Gasteiger partial charge is 0.0389 e. The molecule has 110 valence electrons. The SMILES string of the molecule is CCCCCCC(CC)C(CC)CCCCCC. The quantitative estimate of drug-likeness (QED) is 0.311. The van der Waals surface area contributed by atoms with E-state index in [4.69, 9.17) is 0 Å². The van der Waals surface area contributed by atoms with Gasteiger partial charge in [0.1, 0.15) is 0 Å². The van der Waals surface area contributed by atoms with E-state index in [2.05, 4.69) is 27.7 Å². The molecule has 0 heterocycles. The molecule has 0 rings (SSSR count). The molecule has 0 aliphatic carbocycles. The second-order valence-corrected chi connectivity index (χ2v) is 6.04. The lowest BCUT2D eigenvalue weighted by Crippen LogP contribution is -2.13. The molecule has 0 spiro atoms. The van der Waals surface area contributed by atoms with Crippen molar-refractivity contribution in [2.75, 3.05) is 0 Å². The Morgan fingerprint density at radius 3 is 1.17 bits per heavy atom. The van der Waals surface area contributed by atoms with Crippen LogP contribution in [-0.2, 0) is 0 Å². The average molecular weight is 255 g/mol. The van der Waals surface area contributed by atoms with E-state index in [1.807, 2.05) is 0 Å². The summed E-state index contributed by atoms with van der Waals surface area (Å²) in [5, 5.41) is 0. The minimum atomic E-state index is 1.01. The Balaban J connectivity index is 3.82. The topological polar surface area (TPSA) is 0 Å². The van der Waals surface area contributed by atoms with Crippen LogP contribution >= 0.6 is 0 Å². The highest BCUT2D eigenvalue weighted by atomic mass is 14.2. The Labute approximate surface area is 117 Å². The van der Waals surface area contributed by atoms with Crippen molar-refractivity contribution in [2.45, 2.75) is 105 Å². The lowest BCUT2D eigenvalue weighted by atomic mass is 9.81. The maximum absolute atomic E-state index is 2.40. The van der Waals surface area contributed by atoms with Crippen LogP contribution in [0.15, 0.2) is 0 Å². The van der Waals surface area contributed by atoms with Crippen molar-refractivity contribution in [1.82, 2.24) is 0 Å². The normalized spacial score (nSPS) is 14.7. The summed E-state index contributed by atoms with van der Waals surface area (Å²) in [6, 6.07) is 0. The molecular weight excluding hydrogens is 216 g/mol. The molecule has 2 atom stereocenters. The molecule has 0 N–H and O–H groups in total. The first-order valence-corrected chi connectivity index (χ1v) is 8.79. The first-order valence-electron chi connectivity index (χ1n) is 8.79. The van der Waals surface area contributed by atoms with Crippen LogP contribution in [0.25, 0.3) is 0 Å². The van der Waals surface area contributed by atoms with Gasteiger partial charge in [0.25, 0.3) is 0 Å². The molecule has 0 saturated heterocycles. The first-order chi connectivity index (χ1) is 8.79. The molecular formula is C18H38. The van der Waals surface area contributed by atoms with Gasteiger partial charge < -0.3 is 0 Å².